The number of hydrogen-bond acceptors (Lipinski definition) is 4. The average molecular weight is 268 g/mol. The van der Waals surface area contributed by atoms with Crippen LogP contribution in [0.5, 0.6) is 0 Å². The monoisotopic (exact) mass is 268 g/mol. The van der Waals surface area contributed by atoms with E-state index in [0.717, 1.165) is 0 Å². The van der Waals surface area contributed by atoms with Gasteiger partial charge in [-0.1, -0.05) is 13.0 Å². The van der Waals surface area contributed by atoms with E-state index in [9.17, 15) is 4.79 Å². The molecule has 0 bridgehead atoms. The van der Waals surface area contributed by atoms with Crippen molar-refractivity contribution in [2.45, 2.75) is 30.8 Å². The van der Waals surface area contributed by atoms with Crippen molar-refractivity contribution >= 4 is 29.0 Å². The van der Waals surface area contributed by atoms with Crippen LogP contribution in [0, 0.1) is 0 Å². The summed E-state index contributed by atoms with van der Waals surface area (Å²) in [6.45, 7) is 4.02. The van der Waals surface area contributed by atoms with E-state index in [4.69, 9.17) is 10.8 Å². The highest BCUT2D eigenvalue weighted by atomic mass is 32.2. The largest absolute Gasteiger partial charge is 0.399 e. The zero-order chi connectivity index (χ0) is 13.5. The molecule has 4 nitrogen and oxygen atoms in total. The van der Waals surface area contributed by atoms with Gasteiger partial charge in [-0.05, 0) is 31.5 Å². The highest BCUT2D eigenvalue weighted by molar-refractivity contribution is 8.01. The van der Waals surface area contributed by atoms with Crippen molar-refractivity contribution in [2.24, 2.45) is 0 Å². The maximum absolute atomic E-state index is 11.9. The molecule has 1 amide bonds. The number of thioether (sulfide) groups is 1. The first-order valence-electron chi connectivity index (χ1n) is 5.95. The van der Waals surface area contributed by atoms with Crippen molar-refractivity contribution in [3.05, 3.63) is 24.3 Å². The molecule has 0 fully saturated rings. The molecule has 0 radical (unpaired) electrons. The summed E-state index contributed by atoms with van der Waals surface area (Å²) in [5.74, 6) is -0.0459. The second kappa shape index (κ2) is 7.28. The summed E-state index contributed by atoms with van der Waals surface area (Å²) >= 11 is 1.55. The molecule has 1 aromatic carbocycles. The first-order valence-corrected chi connectivity index (χ1v) is 6.90. The quantitative estimate of drug-likeness (QED) is 0.691. The molecule has 0 saturated carbocycles. The standard InChI is InChI=1S/C13H20N2O2S/c1-9(6-7-16)18-10(2)13(17)15-12-5-3-4-11(14)8-12/h3-5,8-10,16H,6-7,14H2,1-2H3,(H,15,17). The van der Waals surface area contributed by atoms with E-state index in [0.29, 0.717) is 17.8 Å². The Morgan fingerprint density at radius 2 is 2.22 bits per heavy atom. The van der Waals surface area contributed by atoms with Crippen LogP contribution in [0.15, 0.2) is 24.3 Å². The molecule has 0 heterocycles. The van der Waals surface area contributed by atoms with Gasteiger partial charge >= 0.3 is 0 Å². The molecule has 2 atom stereocenters. The van der Waals surface area contributed by atoms with E-state index in [2.05, 4.69) is 5.32 Å². The topological polar surface area (TPSA) is 75.3 Å². The Hall–Kier alpha value is -1.20. The molecule has 1 aromatic rings. The minimum atomic E-state index is -0.159. The van der Waals surface area contributed by atoms with Gasteiger partial charge in [-0.15, -0.1) is 11.8 Å². The van der Waals surface area contributed by atoms with E-state index in [-0.39, 0.29) is 23.0 Å². The fraction of sp³-hybridized carbons (Fsp3) is 0.462. The smallest absolute Gasteiger partial charge is 0.237 e. The molecular formula is C13H20N2O2S. The number of nitrogens with two attached hydrogens (primary N) is 1. The number of aliphatic hydroxyl groups is 1. The third-order valence-corrected chi connectivity index (χ3v) is 3.82. The van der Waals surface area contributed by atoms with Crippen molar-refractivity contribution < 1.29 is 9.90 Å². The average Bonchev–Trinajstić information content (AvgIpc) is 2.29. The van der Waals surface area contributed by atoms with Gasteiger partial charge in [-0.2, -0.15) is 0 Å². The minimum absolute atomic E-state index is 0.0459. The SMILES string of the molecule is CC(CCO)SC(C)C(=O)Nc1cccc(N)c1. The van der Waals surface area contributed by atoms with Crippen LogP contribution < -0.4 is 11.1 Å². The lowest BCUT2D eigenvalue weighted by atomic mass is 10.3. The third-order valence-electron chi connectivity index (χ3n) is 2.50. The van der Waals surface area contributed by atoms with Gasteiger partial charge in [-0.25, -0.2) is 0 Å². The molecule has 0 aliphatic carbocycles. The highest BCUT2D eigenvalue weighted by Gasteiger charge is 2.16. The van der Waals surface area contributed by atoms with Crippen molar-refractivity contribution in [3.63, 3.8) is 0 Å². The van der Waals surface area contributed by atoms with Gasteiger partial charge < -0.3 is 16.2 Å². The van der Waals surface area contributed by atoms with Crippen LogP contribution in [-0.2, 0) is 4.79 Å². The predicted octanol–water partition coefficient (Wildman–Crippen LogP) is 2.10. The number of carbonyl (C=O) groups is 1. The molecule has 1 rings (SSSR count). The van der Waals surface area contributed by atoms with Crippen LogP contribution in [0.4, 0.5) is 11.4 Å². The van der Waals surface area contributed by atoms with E-state index >= 15 is 0 Å². The Bertz CT molecular complexity index is 398. The third kappa shape index (κ3) is 4.98. The Kier molecular flexibility index (Phi) is 6.01. The Labute approximate surface area is 112 Å². The predicted molar refractivity (Wildman–Crippen MR) is 77.7 cm³/mol. The Balaban J connectivity index is 2.49. The summed E-state index contributed by atoms with van der Waals surface area (Å²) in [5, 5.41) is 11.8. The molecule has 4 N–H and O–H groups in total. The van der Waals surface area contributed by atoms with Gasteiger partial charge in [0.2, 0.25) is 5.91 Å². The zero-order valence-electron chi connectivity index (χ0n) is 10.7. The van der Waals surface area contributed by atoms with Crippen LogP contribution in [0.25, 0.3) is 0 Å². The summed E-state index contributed by atoms with van der Waals surface area (Å²) in [5.41, 5.74) is 6.98. The molecule has 0 spiro atoms. The second-order valence-corrected chi connectivity index (χ2v) is 6.00. The molecule has 18 heavy (non-hydrogen) atoms. The van der Waals surface area contributed by atoms with Crippen molar-refractivity contribution in [2.75, 3.05) is 17.7 Å². The van der Waals surface area contributed by atoms with Gasteiger partial charge in [0.05, 0.1) is 5.25 Å². The second-order valence-electron chi connectivity index (χ2n) is 4.22. The van der Waals surface area contributed by atoms with Crippen molar-refractivity contribution in [1.29, 1.82) is 0 Å². The van der Waals surface area contributed by atoms with Crippen molar-refractivity contribution in [3.8, 4) is 0 Å². The van der Waals surface area contributed by atoms with Crippen LogP contribution in [0.1, 0.15) is 20.3 Å². The number of anilines is 2. The first kappa shape index (κ1) is 14.9. The summed E-state index contributed by atoms with van der Waals surface area (Å²) in [7, 11) is 0. The van der Waals surface area contributed by atoms with Gasteiger partial charge in [0, 0.05) is 23.2 Å². The molecular weight excluding hydrogens is 248 g/mol. The number of benzene rings is 1. The summed E-state index contributed by atoms with van der Waals surface area (Å²) in [4.78, 5) is 11.9. The van der Waals surface area contributed by atoms with E-state index < -0.39 is 0 Å². The number of amides is 1. The molecule has 0 saturated heterocycles. The van der Waals surface area contributed by atoms with Crippen LogP contribution >= 0.6 is 11.8 Å². The number of nitrogen functional groups attached to an aromatic ring is 1. The highest BCUT2D eigenvalue weighted by Crippen LogP contribution is 2.21. The molecule has 5 heteroatoms. The molecule has 0 aromatic heterocycles. The van der Waals surface area contributed by atoms with E-state index in [1.807, 2.05) is 19.9 Å². The molecule has 2 unspecified atom stereocenters. The fourth-order valence-electron chi connectivity index (χ4n) is 1.52. The van der Waals surface area contributed by atoms with Crippen LogP contribution in [0.3, 0.4) is 0 Å². The van der Waals surface area contributed by atoms with E-state index in [1.165, 1.54) is 0 Å². The summed E-state index contributed by atoms with van der Waals surface area (Å²) in [6, 6.07) is 7.11. The lowest BCUT2D eigenvalue weighted by Crippen LogP contribution is -2.24. The summed E-state index contributed by atoms with van der Waals surface area (Å²) < 4.78 is 0. The normalized spacial score (nSPS) is 13.9. The maximum atomic E-state index is 11.9. The van der Waals surface area contributed by atoms with Crippen LogP contribution in [0.2, 0.25) is 0 Å². The minimum Gasteiger partial charge on any atom is -0.399 e. The summed E-state index contributed by atoms with van der Waals surface area (Å²) in [6.07, 6.45) is 0.695. The Morgan fingerprint density at radius 1 is 1.50 bits per heavy atom. The lowest BCUT2D eigenvalue weighted by Gasteiger charge is -2.16. The number of nitrogens with one attached hydrogen (secondary N) is 1. The van der Waals surface area contributed by atoms with Crippen LogP contribution in [-0.4, -0.2) is 28.1 Å². The molecule has 100 valence electrons. The molecule has 0 aliphatic heterocycles. The number of rotatable bonds is 6. The Morgan fingerprint density at radius 3 is 2.83 bits per heavy atom. The van der Waals surface area contributed by atoms with Gasteiger partial charge in [0.15, 0.2) is 0 Å². The lowest BCUT2D eigenvalue weighted by molar-refractivity contribution is -0.115. The van der Waals surface area contributed by atoms with Gasteiger partial charge in [-0.3, -0.25) is 4.79 Å². The molecule has 0 aliphatic rings. The fourth-order valence-corrected chi connectivity index (χ4v) is 2.64. The zero-order valence-corrected chi connectivity index (χ0v) is 11.5. The van der Waals surface area contributed by atoms with Gasteiger partial charge in [0.25, 0.3) is 0 Å². The van der Waals surface area contributed by atoms with Gasteiger partial charge in [0.1, 0.15) is 0 Å². The van der Waals surface area contributed by atoms with Crippen molar-refractivity contribution in [1.82, 2.24) is 0 Å². The van der Waals surface area contributed by atoms with E-state index in [1.54, 1.807) is 30.0 Å². The first-order chi connectivity index (χ1) is 8.52. The number of aliphatic hydroxyl groups excluding tert-OH is 1. The number of hydrogen-bond donors (Lipinski definition) is 3. The maximum Gasteiger partial charge on any atom is 0.237 e. The number of carbonyl (C=O) groups excluding carboxylic acids is 1.